The van der Waals surface area contributed by atoms with Gasteiger partial charge in [-0.3, -0.25) is 9.48 Å². The van der Waals surface area contributed by atoms with Crippen molar-refractivity contribution in [2.24, 2.45) is 5.22 Å². The number of carbonyl (C=O) groups excluding carboxylic acids is 2. The summed E-state index contributed by atoms with van der Waals surface area (Å²) >= 11 is 6.39. The molecule has 3 N–H and O–H groups in total. The highest BCUT2D eigenvalue weighted by molar-refractivity contribution is 7.91. The van der Waals surface area contributed by atoms with Gasteiger partial charge in [-0.1, -0.05) is 35.9 Å². The SMILES string of the molecule is CCc1ccc(-c2nn3c(c2C(=O)NN=N)CN(C(=O)NC2CC(S(C)(=O)=O)C2)CC3)cc1Cl. The summed E-state index contributed by atoms with van der Waals surface area (Å²) in [7, 11) is -3.11. The molecule has 13 heteroatoms. The van der Waals surface area contributed by atoms with Gasteiger partial charge >= 0.3 is 6.03 Å². The number of nitrogens with one attached hydrogen (secondary N) is 3. The van der Waals surface area contributed by atoms with Crippen LogP contribution in [0.3, 0.4) is 0 Å². The second-order valence-electron chi connectivity index (χ2n) is 8.60. The topological polar surface area (TPSA) is 150 Å². The fraction of sp³-hybridized carbons (Fsp3) is 0.476. The Labute approximate surface area is 202 Å². The maximum atomic E-state index is 12.8. The third-order valence-corrected chi connectivity index (χ3v) is 8.33. The van der Waals surface area contributed by atoms with Crippen molar-refractivity contribution in [3.8, 4) is 11.3 Å². The predicted molar refractivity (Wildman–Crippen MR) is 125 cm³/mol. The van der Waals surface area contributed by atoms with Crippen LogP contribution >= 0.6 is 11.6 Å². The third kappa shape index (κ3) is 4.64. The second-order valence-corrected chi connectivity index (χ2v) is 11.3. The van der Waals surface area contributed by atoms with Crippen molar-refractivity contribution in [2.75, 3.05) is 12.8 Å². The molecule has 11 nitrogen and oxygen atoms in total. The summed E-state index contributed by atoms with van der Waals surface area (Å²) < 4.78 is 24.9. The Bertz CT molecular complexity index is 1250. The molecule has 1 aromatic heterocycles. The van der Waals surface area contributed by atoms with E-state index < -0.39 is 21.0 Å². The standard InChI is InChI=1S/C21H26ClN7O4S/c1-3-12-4-5-13(8-16(12)22)19-18(20(30)25-27-23)17-11-28(6-7-29(17)26-19)21(31)24-14-9-15(10-14)34(2,32)33/h4-5,8,14-15H,3,6-7,9-11H2,1-2H3,(H,24,31)(H2,23,25,30). The first-order valence-corrected chi connectivity index (χ1v) is 13.2. The van der Waals surface area contributed by atoms with E-state index >= 15 is 0 Å². The Kier molecular flexibility index (Phi) is 6.63. The summed E-state index contributed by atoms with van der Waals surface area (Å²) in [5.74, 6) is -0.598. The van der Waals surface area contributed by atoms with Gasteiger partial charge in [0.05, 0.1) is 29.6 Å². The summed E-state index contributed by atoms with van der Waals surface area (Å²) in [4.78, 5) is 27.2. The Balaban J connectivity index is 1.58. The van der Waals surface area contributed by atoms with E-state index in [0.29, 0.717) is 47.9 Å². The Hall–Kier alpha value is -2.99. The molecule has 0 saturated heterocycles. The minimum Gasteiger partial charge on any atom is -0.335 e. The number of carbonyl (C=O) groups is 2. The average Bonchev–Trinajstić information content (AvgIpc) is 3.13. The smallest absolute Gasteiger partial charge is 0.318 e. The average molecular weight is 508 g/mol. The van der Waals surface area contributed by atoms with Crippen LogP contribution in [0.4, 0.5) is 4.79 Å². The van der Waals surface area contributed by atoms with E-state index in [4.69, 9.17) is 17.1 Å². The molecule has 0 bridgehead atoms. The fourth-order valence-electron chi connectivity index (χ4n) is 4.32. The zero-order chi connectivity index (χ0) is 24.6. The van der Waals surface area contributed by atoms with Crippen molar-refractivity contribution in [1.29, 1.82) is 5.53 Å². The molecule has 0 radical (unpaired) electrons. The first kappa shape index (κ1) is 24.1. The normalized spacial score (nSPS) is 19.7. The first-order chi connectivity index (χ1) is 16.1. The van der Waals surface area contributed by atoms with Gasteiger partial charge in [-0.25, -0.2) is 18.6 Å². The van der Waals surface area contributed by atoms with Gasteiger partial charge in [0, 0.05) is 29.4 Å². The van der Waals surface area contributed by atoms with E-state index in [-0.39, 0.29) is 24.2 Å². The molecule has 1 fully saturated rings. The number of fused-ring (bicyclic) bond motifs is 1. The van der Waals surface area contributed by atoms with Gasteiger partial charge in [-0.2, -0.15) is 10.6 Å². The van der Waals surface area contributed by atoms with Gasteiger partial charge < -0.3 is 10.2 Å². The van der Waals surface area contributed by atoms with Gasteiger partial charge in [0.2, 0.25) is 0 Å². The molecule has 3 amide bonds. The Morgan fingerprint density at radius 1 is 1.29 bits per heavy atom. The zero-order valence-corrected chi connectivity index (χ0v) is 20.4. The van der Waals surface area contributed by atoms with Gasteiger partial charge in [0.1, 0.15) is 15.5 Å². The highest BCUT2D eigenvalue weighted by atomic mass is 35.5. The van der Waals surface area contributed by atoms with Gasteiger partial charge in [0.25, 0.3) is 5.91 Å². The second kappa shape index (κ2) is 9.34. The van der Waals surface area contributed by atoms with E-state index in [1.165, 1.54) is 6.26 Å². The monoisotopic (exact) mass is 507 g/mol. The molecule has 1 aliphatic heterocycles. The summed E-state index contributed by atoms with van der Waals surface area (Å²) in [6, 6.07) is 4.96. The van der Waals surface area contributed by atoms with Crippen LogP contribution < -0.4 is 10.7 Å². The molecule has 4 rings (SSSR count). The summed E-state index contributed by atoms with van der Waals surface area (Å²) in [5, 5.41) is 10.6. The van der Waals surface area contributed by atoms with Crippen LogP contribution in [0.5, 0.6) is 0 Å². The number of benzene rings is 1. The maximum Gasteiger partial charge on any atom is 0.318 e. The molecule has 0 atom stereocenters. The molecule has 2 aromatic rings. The Morgan fingerprint density at radius 2 is 2.03 bits per heavy atom. The van der Waals surface area contributed by atoms with Crippen LogP contribution in [0.1, 0.15) is 41.4 Å². The highest BCUT2D eigenvalue weighted by Gasteiger charge is 2.38. The quantitative estimate of drug-likeness (QED) is 0.405. The van der Waals surface area contributed by atoms with E-state index in [2.05, 4.69) is 21.1 Å². The van der Waals surface area contributed by atoms with Gasteiger partial charge in [-0.15, -0.1) is 0 Å². The van der Waals surface area contributed by atoms with Crippen molar-refractivity contribution >= 4 is 33.4 Å². The lowest BCUT2D eigenvalue weighted by Gasteiger charge is -2.37. The summed E-state index contributed by atoms with van der Waals surface area (Å²) in [5.41, 5.74) is 12.0. The largest absolute Gasteiger partial charge is 0.335 e. The molecule has 1 saturated carbocycles. The van der Waals surface area contributed by atoms with Crippen LogP contribution in [0.25, 0.3) is 11.3 Å². The summed E-state index contributed by atoms with van der Waals surface area (Å²) in [6.45, 7) is 2.87. The van der Waals surface area contributed by atoms with Crippen LogP contribution in [0, 0.1) is 5.53 Å². The first-order valence-electron chi connectivity index (χ1n) is 10.9. The number of aryl methyl sites for hydroxylation is 1. The molecular formula is C21H26ClN7O4S. The number of aromatic nitrogens is 2. The van der Waals surface area contributed by atoms with Crippen molar-refractivity contribution in [3.63, 3.8) is 0 Å². The maximum absolute atomic E-state index is 12.8. The molecule has 2 heterocycles. The van der Waals surface area contributed by atoms with Gasteiger partial charge in [-0.05, 0) is 30.9 Å². The van der Waals surface area contributed by atoms with Crippen LogP contribution in [-0.2, 0) is 29.3 Å². The van der Waals surface area contributed by atoms with Gasteiger partial charge in [0.15, 0.2) is 0 Å². The molecule has 1 aliphatic carbocycles. The van der Waals surface area contributed by atoms with Crippen LogP contribution in [0.15, 0.2) is 23.4 Å². The van der Waals surface area contributed by atoms with Crippen LogP contribution in [0.2, 0.25) is 5.02 Å². The molecule has 2 aliphatic rings. The summed E-state index contributed by atoms with van der Waals surface area (Å²) in [6.07, 6.45) is 2.76. The molecule has 0 spiro atoms. The van der Waals surface area contributed by atoms with Crippen molar-refractivity contribution in [3.05, 3.63) is 40.0 Å². The number of amides is 3. The highest BCUT2D eigenvalue weighted by Crippen LogP contribution is 2.32. The third-order valence-electron chi connectivity index (χ3n) is 6.39. The number of nitrogens with zero attached hydrogens (tertiary/aromatic N) is 4. The number of urea groups is 1. The number of rotatable bonds is 6. The van der Waals surface area contributed by atoms with E-state index in [0.717, 1.165) is 12.0 Å². The minimum absolute atomic E-state index is 0.128. The number of hydrogen-bond donors (Lipinski definition) is 3. The minimum atomic E-state index is -3.11. The lowest BCUT2D eigenvalue weighted by molar-refractivity contribution is 0.0947. The lowest BCUT2D eigenvalue weighted by atomic mass is 9.92. The molecule has 34 heavy (non-hydrogen) atoms. The number of hydrogen-bond acceptors (Lipinski definition) is 7. The Morgan fingerprint density at radius 3 is 2.65 bits per heavy atom. The lowest BCUT2D eigenvalue weighted by Crippen LogP contribution is -2.54. The van der Waals surface area contributed by atoms with E-state index in [9.17, 15) is 18.0 Å². The number of sulfone groups is 1. The molecular weight excluding hydrogens is 482 g/mol. The van der Waals surface area contributed by atoms with E-state index in [1.807, 2.05) is 19.1 Å². The molecule has 0 unspecified atom stereocenters. The van der Waals surface area contributed by atoms with E-state index in [1.54, 1.807) is 15.6 Å². The molecule has 182 valence electrons. The predicted octanol–water partition coefficient (Wildman–Crippen LogP) is 2.54. The van der Waals surface area contributed by atoms with Crippen molar-refractivity contribution < 1.29 is 18.0 Å². The number of halogens is 1. The van der Waals surface area contributed by atoms with Crippen molar-refractivity contribution in [1.82, 2.24) is 25.4 Å². The fourth-order valence-corrected chi connectivity index (χ4v) is 5.80. The molecule has 1 aromatic carbocycles. The zero-order valence-electron chi connectivity index (χ0n) is 18.8. The van der Waals surface area contributed by atoms with Crippen LogP contribution in [-0.4, -0.2) is 59.1 Å². The van der Waals surface area contributed by atoms with Crippen molar-refractivity contribution in [2.45, 2.75) is 50.6 Å².